The van der Waals surface area contributed by atoms with Crippen LogP contribution in [0.3, 0.4) is 0 Å². The molecule has 0 aliphatic carbocycles. The van der Waals surface area contributed by atoms with E-state index in [0.717, 1.165) is 11.3 Å². The Morgan fingerprint density at radius 2 is 2.07 bits per heavy atom. The Morgan fingerprint density at radius 1 is 1.33 bits per heavy atom. The van der Waals surface area contributed by atoms with Crippen LogP contribution in [0.4, 0.5) is 13.2 Å². The van der Waals surface area contributed by atoms with Crippen LogP contribution < -0.4 is 0 Å². The van der Waals surface area contributed by atoms with Crippen molar-refractivity contribution in [2.45, 2.75) is 9.85 Å². The number of fused-ring (bicyclic) bond motifs is 1. The highest BCUT2D eigenvalue weighted by Gasteiger charge is 2.31. The summed E-state index contributed by atoms with van der Waals surface area (Å²) in [5, 5.41) is 0.469. The fourth-order valence-electron chi connectivity index (χ4n) is 1.02. The topological polar surface area (TPSA) is 12.9 Å². The summed E-state index contributed by atoms with van der Waals surface area (Å²) in [6, 6.07) is 4.84. The molecule has 1 aromatic heterocycles. The van der Waals surface area contributed by atoms with Gasteiger partial charge in [0.25, 0.3) is 0 Å². The minimum atomic E-state index is -4.29. The molecule has 0 aliphatic heterocycles. The first kappa shape index (κ1) is 11.0. The molecule has 0 spiro atoms. The van der Waals surface area contributed by atoms with E-state index in [9.17, 15) is 13.2 Å². The number of alkyl halides is 3. The van der Waals surface area contributed by atoms with Gasteiger partial charge in [0.15, 0.2) is 4.34 Å². The first-order chi connectivity index (χ1) is 6.94. The van der Waals surface area contributed by atoms with Gasteiger partial charge in [-0.25, -0.2) is 4.98 Å². The van der Waals surface area contributed by atoms with Gasteiger partial charge in [-0.3, -0.25) is 0 Å². The fraction of sp³-hybridized carbons (Fsp3) is 0.125. The van der Waals surface area contributed by atoms with E-state index in [0.29, 0.717) is 15.2 Å². The summed E-state index contributed by atoms with van der Waals surface area (Å²) in [7, 11) is 0. The fourth-order valence-corrected chi connectivity index (χ4v) is 2.93. The number of hydrogen-bond donors (Lipinski definition) is 0. The second kappa shape index (κ2) is 3.84. The molecule has 0 fully saturated rings. The van der Waals surface area contributed by atoms with Gasteiger partial charge in [0.2, 0.25) is 0 Å². The lowest BCUT2D eigenvalue weighted by Crippen LogP contribution is -1.98. The highest BCUT2D eigenvalue weighted by Crippen LogP contribution is 2.40. The molecule has 0 unspecified atom stereocenters. The Hall–Kier alpha value is -0.460. The van der Waals surface area contributed by atoms with Gasteiger partial charge in [-0.2, -0.15) is 13.2 Å². The van der Waals surface area contributed by atoms with Crippen molar-refractivity contribution >= 4 is 44.9 Å². The smallest absolute Gasteiger partial charge is 0.229 e. The van der Waals surface area contributed by atoms with Crippen LogP contribution in [-0.4, -0.2) is 10.5 Å². The van der Waals surface area contributed by atoms with Gasteiger partial charge >= 0.3 is 5.51 Å². The predicted octanol–water partition coefficient (Wildman–Crippen LogP) is 4.56. The SMILES string of the molecule is FC(F)(F)Sc1nc2cc(Cl)ccc2s1. The van der Waals surface area contributed by atoms with Crippen molar-refractivity contribution in [3.05, 3.63) is 23.2 Å². The van der Waals surface area contributed by atoms with Crippen LogP contribution >= 0.6 is 34.7 Å². The molecule has 2 aromatic rings. The Balaban J connectivity index is 2.39. The maximum Gasteiger partial charge on any atom is 0.448 e. The molecular formula is C8H3ClF3NS2. The summed E-state index contributed by atoms with van der Waals surface area (Å²) in [6.45, 7) is 0. The Labute approximate surface area is 96.3 Å². The second-order valence-corrected chi connectivity index (χ2v) is 5.42. The van der Waals surface area contributed by atoms with E-state index in [2.05, 4.69) is 4.98 Å². The molecule has 1 aromatic carbocycles. The van der Waals surface area contributed by atoms with Crippen molar-refractivity contribution in [3.63, 3.8) is 0 Å². The Morgan fingerprint density at radius 3 is 2.73 bits per heavy atom. The molecule has 0 amide bonds. The minimum Gasteiger partial charge on any atom is -0.229 e. The molecule has 7 heteroatoms. The standard InChI is InChI=1S/C8H3ClF3NS2/c9-4-1-2-6-5(3-4)13-7(14-6)15-8(10,11)12/h1-3H. The average Bonchev–Trinajstić information content (AvgIpc) is 2.42. The summed E-state index contributed by atoms with van der Waals surface area (Å²) in [6.07, 6.45) is 0. The first-order valence-corrected chi connectivity index (χ1v) is 5.77. The van der Waals surface area contributed by atoms with E-state index < -0.39 is 5.51 Å². The molecule has 0 radical (unpaired) electrons. The highest BCUT2D eigenvalue weighted by molar-refractivity contribution is 8.01. The average molecular weight is 270 g/mol. The lowest BCUT2D eigenvalue weighted by atomic mass is 10.3. The van der Waals surface area contributed by atoms with Crippen LogP contribution in [0.15, 0.2) is 22.5 Å². The molecule has 80 valence electrons. The van der Waals surface area contributed by atoms with Gasteiger partial charge in [-0.15, -0.1) is 11.3 Å². The molecule has 0 saturated heterocycles. The van der Waals surface area contributed by atoms with Gasteiger partial charge in [-0.05, 0) is 18.2 Å². The number of rotatable bonds is 1. The third kappa shape index (κ3) is 2.76. The molecule has 1 heterocycles. The van der Waals surface area contributed by atoms with E-state index in [1.54, 1.807) is 18.2 Å². The van der Waals surface area contributed by atoms with E-state index in [-0.39, 0.29) is 16.1 Å². The molecule has 15 heavy (non-hydrogen) atoms. The van der Waals surface area contributed by atoms with E-state index in [4.69, 9.17) is 11.6 Å². The van der Waals surface area contributed by atoms with Crippen LogP contribution in [0.2, 0.25) is 5.02 Å². The van der Waals surface area contributed by atoms with Gasteiger partial charge in [0.1, 0.15) is 0 Å². The molecule has 0 N–H and O–H groups in total. The number of halogens is 4. The zero-order valence-corrected chi connectivity index (χ0v) is 9.40. The monoisotopic (exact) mass is 269 g/mol. The zero-order valence-electron chi connectivity index (χ0n) is 7.01. The summed E-state index contributed by atoms with van der Waals surface area (Å²) >= 11 is 6.50. The van der Waals surface area contributed by atoms with Crippen LogP contribution in [0.5, 0.6) is 0 Å². The number of thiazole rings is 1. The van der Waals surface area contributed by atoms with Gasteiger partial charge in [0.05, 0.1) is 10.2 Å². The number of aromatic nitrogens is 1. The maximum atomic E-state index is 12.1. The number of nitrogens with zero attached hydrogens (tertiary/aromatic N) is 1. The Bertz CT molecular complexity index is 494. The number of hydrogen-bond acceptors (Lipinski definition) is 3. The molecule has 0 aliphatic rings. The summed E-state index contributed by atoms with van der Waals surface area (Å²) < 4.78 is 36.8. The minimum absolute atomic E-state index is 0.0141. The maximum absolute atomic E-state index is 12.1. The molecule has 0 saturated carbocycles. The summed E-state index contributed by atoms with van der Waals surface area (Å²) in [4.78, 5) is 3.84. The van der Waals surface area contributed by atoms with Crippen molar-refractivity contribution in [3.8, 4) is 0 Å². The molecule has 0 atom stereocenters. The largest absolute Gasteiger partial charge is 0.448 e. The van der Waals surface area contributed by atoms with Crippen LogP contribution in [-0.2, 0) is 0 Å². The second-order valence-electron chi connectivity index (χ2n) is 2.64. The highest BCUT2D eigenvalue weighted by atomic mass is 35.5. The van der Waals surface area contributed by atoms with Crippen LogP contribution in [0.25, 0.3) is 10.2 Å². The third-order valence-electron chi connectivity index (χ3n) is 1.53. The van der Waals surface area contributed by atoms with Gasteiger partial charge in [0, 0.05) is 16.8 Å². The van der Waals surface area contributed by atoms with Crippen molar-refractivity contribution in [2.24, 2.45) is 0 Å². The van der Waals surface area contributed by atoms with Gasteiger partial charge < -0.3 is 0 Å². The molecular weight excluding hydrogens is 267 g/mol. The van der Waals surface area contributed by atoms with Crippen molar-refractivity contribution in [1.29, 1.82) is 0 Å². The quantitative estimate of drug-likeness (QED) is 0.704. The van der Waals surface area contributed by atoms with Crippen molar-refractivity contribution in [2.75, 3.05) is 0 Å². The van der Waals surface area contributed by atoms with Crippen LogP contribution in [0, 0.1) is 0 Å². The van der Waals surface area contributed by atoms with E-state index in [1.165, 1.54) is 0 Å². The number of benzene rings is 1. The molecule has 2 rings (SSSR count). The third-order valence-corrected chi connectivity index (χ3v) is 3.60. The molecule has 0 bridgehead atoms. The van der Waals surface area contributed by atoms with E-state index >= 15 is 0 Å². The molecule has 1 nitrogen and oxygen atoms in total. The van der Waals surface area contributed by atoms with E-state index in [1.807, 2.05) is 0 Å². The van der Waals surface area contributed by atoms with Crippen LogP contribution in [0.1, 0.15) is 0 Å². The van der Waals surface area contributed by atoms with Crippen molar-refractivity contribution < 1.29 is 13.2 Å². The van der Waals surface area contributed by atoms with Crippen molar-refractivity contribution in [1.82, 2.24) is 4.98 Å². The lowest BCUT2D eigenvalue weighted by molar-refractivity contribution is -0.0328. The summed E-state index contributed by atoms with van der Waals surface area (Å²) in [5.74, 6) is 0. The number of thioether (sulfide) groups is 1. The predicted molar refractivity (Wildman–Crippen MR) is 56.5 cm³/mol. The zero-order chi connectivity index (χ0) is 11.1. The first-order valence-electron chi connectivity index (χ1n) is 3.76. The summed E-state index contributed by atoms with van der Waals surface area (Å²) in [5.41, 5.74) is -3.79. The Kier molecular flexibility index (Phi) is 2.83. The lowest BCUT2D eigenvalue weighted by Gasteiger charge is -1.99. The normalized spacial score (nSPS) is 12.3. The van der Waals surface area contributed by atoms with Gasteiger partial charge in [-0.1, -0.05) is 11.6 Å².